The minimum atomic E-state index is -0.0775. The lowest BCUT2D eigenvalue weighted by atomic mass is 9.98. The van der Waals surface area contributed by atoms with Crippen LogP contribution in [0.4, 0.5) is 0 Å². The number of likely N-dealkylation sites (tertiary alicyclic amines) is 1. The minimum Gasteiger partial charge on any atom is -0.383 e. The lowest BCUT2D eigenvalue weighted by molar-refractivity contribution is -0.134. The molecule has 0 bridgehead atoms. The van der Waals surface area contributed by atoms with Crippen LogP contribution in [0.1, 0.15) is 12.8 Å². The lowest BCUT2D eigenvalue weighted by Gasteiger charge is -2.28. The third kappa shape index (κ3) is 2.71. The number of rotatable bonds is 3. The number of carbonyl (C=O) groups is 1. The first-order chi connectivity index (χ1) is 6.27. The molecule has 0 aliphatic carbocycles. The fraction of sp³-hybridized carbons (Fsp3) is 0.778. The molecule has 0 saturated carbocycles. The minimum absolute atomic E-state index is 0.0775. The van der Waals surface area contributed by atoms with Crippen LogP contribution >= 0.6 is 0 Å². The largest absolute Gasteiger partial charge is 0.383 e. The number of carbonyl (C=O) groups excluding carboxylic acids is 1. The van der Waals surface area contributed by atoms with Crippen molar-refractivity contribution < 1.29 is 9.53 Å². The van der Waals surface area contributed by atoms with Gasteiger partial charge in [0.15, 0.2) is 0 Å². The van der Waals surface area contributed by atoms with E-state index in [1.807, 2.05) is 0 Å². The Hall–Kier alpha value is -1.08. The molecular formula is C9H14N2O2. The van der Waals surface area contributed by atoms with Crippen LogP contribution < -0.4 is 0 Å². The van der Waals surface area contributed by atoms with Gasteiger partial charge in [0.2, 0.25) is 5.91 Å². The molecule has 1 heterocycles. The number of ether oxygens (including phenoxy) is 1. The van der Waals surface area contributed by atoms with Gasteiger partial charge in [-0.3, -0.25) is 4.79 Å². The van der Waals surface area contributed by atoms with E-state index in [0.717, 1.165) is 6.42 Å². The molecule has 0 aromatic carbocycles. The highest BCUT2D eigenvalue weighted by Crippen LogP contribution is 2.16. The summed E-state index contributed by atoms with van der Waals surface area (Å²) in [6.07, 6.45) is 1.17. The SMILES string of the molecule is COCCN1CCC(C#N)CC1=O. The topological polar surface area (TPSA) is 53.3 Å². The van der Waals surface area contributed by atoms with Gasteiger partial charge in [-0.25, -0.2) is 0 Å². The highest BCUT2D eigenvalue weighted by molar-refractivity contribution is 5.77. The molecule has 0 radical (unpaired) electrons. The Morgan fingerprint density at radius 1 is 1.77 bits per heavy atom. The summed E-state index contributed by atoms with van der Waals surface area (Å²) in [5.74, 6) is 0.00106. The molecule has 0 aromatic heterocycles. The van der Waals surface area contributed by atoms with Crippen LogP contribution in [0, 0.1) is 17.2 Å². The van der Waals surface area contributed by atoms with Gasteiger partial charge >= 0.3 is 0 Å². The third-order valence-electron chi connectivity index (χ3n) is 2.27. The second-order valence-electron chi connectivity index (χ2n) is 3.19. The van der Waals surface area contributed by atoms with Crippen LogP contribution in [0.15, 0.2) is 0 Å². The van der Waals surface area contributed by atoms with Crippen molar-refractivity contribution in [2.45, 2.75) is 12.8 Å². The van der Waals surface area contributed by atoms with Gasteiger partial charge in [0.25, 0.3) is 0 Å². The normalized spacial score (nSPS) is 22.9. The fourth-order valence-corrected chi connectivity index (χ4v) is 1.43. The zero-order valence-electron chi connectivity index (χ0n) is 7.82. The van der Waals surface area contributed by atoms with Gasteiger partial charge in [0, 0.05) is 26.6 Å². The Labute approximate surface area is 78.1 Å². The Morgan fingerprint density at radius 2 is 2.54 bits per heavy atom. The smallest absolute Gasteiger partial charge is 0.223 e. The summed E-state index contributed by atoms with van der Waals surface area (Å²) < 4.78 is 4.89. The second-order valence-corrected chi connectivity index (χ2v) is 3.19. The fourth-order valence-electron chi connectivity index (χ4n) is 1.43. The summed E-state index contributed by atoms with van der Waals surface area (Å²) in [6, 6.07) is 2.13. The molecule has 0 aromatic rings. The molecule has 0 spiro atoms. The summed E-state index contributed by atoms with van der Waals surface area (Å²) in [6.45, 7) is 1.91. The maximum atomic E-state index is 11.4. The van der Waals surface area contributed by atoms with Crippen LogP contribution in [0.5, 0.6) is 0 Å². The van der Waals surface area contributed by atoms with E-state index in [2.05, 4.69) is 6.07 Å². The van der Waals surface area contributed by atoms with Gasteiger partial charge < -0.3 is 9.64 Å². The first kappa shape index (κ1) is 10.0. The highest BCUT2D eigenvalue weighted by atomic mass is 16.5. The summed E-state index contributed by atoms with van der Waals surface area (Å²) in [5, 5.41) is 8.63. The number of piperidine rings is 1. The first-order valence-corrected chi connectivity index (χ1v) is 4.44. The molecule has 1 saturated heterocycles. The molecule has 1 aliphatic heterocycles. The first-order valence-electron chi connectivity index (χ1n) is 4.44. The number of nitriles is 1. The van der Waals surface area contributed by atoms with E-state index in [-0.39, 0.29) is 11.8 Å². The van der Waals surface area contributed by atoms with Crippen molar-refractivity contribution >= 4 is 5.91 Å². The predicted molar refractivity (Wildman–Crippen MR) is 46.8 cm³/mol. The average Bonchev–Trinajstić information content (AvgIpc) is 2.16. The van der Waals surface area contributed by atoms with E-state index in [4.69, 9.17) is 10.00 Å². The van der Waals surface area contributed by atoms with Crippen molar-refractivity contribution in [1.82, 2.24) is 4.90 Å². The molecule has 4 heteroatoms. The van der Waals surface area contributed by atoms with Gasteiger partial charge in [-0.05, 0) is 6.42 Å². The molecule has 0 N–H and O–H groups in total. The van der Waals surface area contributed by atoms with Crippen molar-refractivity contribution in [3.05, 3.63) is 0 Å². The maximum Gasteiger partial charge on any atom is 0.223 e. The Bertz CT molecular complexity index is 222. The lowest BCUT2D eigenvalue weighted by Crippen LogP contribution is -2.40. The van der Waals surface area contributed by atoms with Crippen LogP contribution in [-0.4, -0.2) is 37.6 Å². The van der Waals surface area contributed by atoms with Crippen molar-refractivity contribution in [2.24, 2.45) is 5.92 Å². The van der Waals surface area contributed by atoms with Crippen molar-refractivity contribution in [2.75, 3.05) is 26.8 Å². The number of hydrogen-bond donors (Lipinski definition) is 0. The molecule has 72 valence electrons. The monoisotopic (exact) mass is 182 g/mol. The zero-order chi connectivity index (χ0) is 9.68. The van der Waals surface area contributed by atoms with Crippen molar-refractivity contribution in [3.63, 3.8) is 0 Å². The van der Waals surface area contributed by atoms with Gasteiger partial charge in [-0.1, -0.05) is 0 Å². The Kier molecular flexibility index (Phi) is 3.71. The molecular weight excluding hydrogens is 168 g/mol. The highest BCUT2D eigenvalue weighted by Gasteiger charge is 2.24. The Balaban J connectivity index is 2.36. The zero-order valence-corrected chi connectivity index (χ0v) is 7.82. The number of hydrogen-bond acceptors (Lipinski definition) is 3. The van der Waals surface area contributed by atoms with E-state index in [0.29, 0.717) is 26.1 Å². The Morgan fingerprint density at radius 3 is 3.08 bits per heavy atom. The molecule has 4 nitrogen and oxygen atoms in total. The van der Waals surface area contributed by atoms with Crippen LogP contribution in [0.25, 0.3) is 0 Å². The standard InChI is InChI=1S/C9H14N2O2/c1-13-5-4-11-3-2-8(7-10)6-9(11)12/h8H,2-6H2,1H3. The van der Waals surface area contributed by atoms with E-state index >= 15 is 0 Å². The number of methoxy groups -OCH3 is 1. The molecule has 1 rings (SSSR count). The van der Waals surface area contributed by atoms with Crippen LogP contribution in [0.2, 0.25) is 0 Å². The van der Waals surface area contributed by atoms with Gasteiger partial charge in [-0.15, -0.1) is 0 Å². The average molecular weight is 182 g/mol. The van der Waals surface area contributed by atoms with Gasteiger partial charge in [0.1, 0.15) is 0 Å². The van der Waals surface area contributed by atoms with E-state index in [9.17, 15) is 4.79 Å². The van der Waals surface area contributed by atoms with Gasteiger partial charge in [0.05, 0.1) is 18.6 Å². The molecule has 1 amide bonds. The second kappa shape index (κ2) is 4.83. The summed E-state index contributed by atoms with van der Waals surface area (Å²) in [4.78, 5) is 13.1. The van der Waals surface area contributed by atoms with Gasteiger partial charge in [-0.2, -0.15) is 5.26 Å². The molecule has 1 unspecified atom stereocenters. The van der Waals surface area contributed by atoms with Crippen molar-refractivity contribution in [1.29, 1.82) is 5.26 Å². The van der Waals surface area contributed by atoms with E-state index in [1.54, 1.807) is 12.0 Å². The quantitative estimate of drug-likeness (QED) is 0.634. The van der Waals surface area contributed by atoms with E-state index < -0.39 is 0 Å². The van der Waals surface area contributed by atoms with E-state index in [1.165, 1.54) is 0 Å². The molecule has 13 heavy (non-hydrogen) atoms. The third-order valence-corrected chi connectivity index (χ3v) is 2.27. The summed E-state index contributed by atoms with van der Waals surface area (Å²) in [7, 11) is 1.62. The predicted octanol–water partition coefficient (Wildman–Crippen LogP) is 0.395. The van der Waals surface area contributed by atoms with Crippen LogP contribution in [-0.2, 0) is 9.53 Å². The maximum absolute atomic E-state index is 11.4. The number of nitrogens with zero attached hydrogens (tertiary/aromatic N) is 2. The molecule has 1 fully saturated rings. The summed E-state index contributed by atoms with van der Waals surface area (Å²) >= 11 is 0. The van der Waals surface area contributed by atoms with Crippen molar-refractivity contribution in [3.8, 4) is 6.07 Å². The van der Waals surface area contributed by atoms with Crippen LogP contribution in [0.3, 0.4) is 0 Å². The number of amides is 1. The molecule has 1 atom stereocenters. The molecule has 1 aliphatic rings. The summed E-state index contributed by atoms with van der Waals surface area (Å²) in [5.41, 5.74) is 0.